The van der Waals surface area contributed by atoms with E-state index in [1.54, 1.807) is 48.5 Å². The Hall–Kier alpha value is -5.81. The Kier molecular flexibility index (Phi) is 6.92. The molecule has 0 fully saturated rings. The van der Waals surface area contributed by atoms with Crippen molar-refractivity contribution in [2.45, 2.75) is 9.79 Å². The Morgan fingerprint density at radius 1 is 0.395 bits per heavy atom. The van der Waals surface area contributed by atoms with Crippen LogP contribution in [0.3, 0.4) is 0 Å². The summed E-state index contributed by atoms with van der Waals surface area (Å²) in [4.78, 5) is 49.6. The normalized spacial score (nSPS) is 14.6. The molecule has 4 aromatic rings. The number of benzene rings is 4. The van der Waals surface area contributed by atoms with Gasteiger partial charge in [-0.3, -0.25) is 19.2 Å². The third-order valence-electron chi connectivity index (χ3n) is 6.55. The topological polar surface area (TPSA) is 127 Å². The van der Waals surface area contributed by atoms with Gasteiger partial charge in [-0.15, -0.1) is 0 Å². The molecule has 11 heteroatoms. The number of hydrogen-bond acceptors (Lipinski definition) is 8. The van der Waals surface area contributed by atoms with E-state index in [4.69, 9.17) is 9.47 Å². The van der Waals surface area contributed by atoms with Crippen molar-refractivity contribution < 1.29 is 37.1 Å². The minimum atomic E-state index is -3.83. The van der Waals surface area contributed by atoms with Crippen molar-refractivity contribution >= 4 is 44.8 Å². The summed E-state index contributed by atoms with van der Waals surface area (Å²) in [5.41, 5.74) is 0.822. The summed E-state index contributed by atoms with van der Waals surface area (Å²) in [6, 6.07) is 24.6. The maximum absolute atomic E-state index is 13.2. The van der Waals surface area contributed by atoms with Crippen molar-refractivity contribution in [1.29, 1.82) is 0 Å². The molecule has 212 valence electrons. The SMILES string of the molecule is O=C1C=CC(=O)N1c1ccc(Oc2ccc(S(=O)(=O)c3ccc(Oc4ccc(N5C(=O)C=CC5=O)cc4)cc3)cc2)cc1. The van der Waals surface area contributed by atoms with Gasteiger partial charge >= 0.3 is 0 Å². The van der Waals surface area contributed by atoms with Gasteiger partial charge in [0.15, 0.2) is 0 Å². The van der Waals surface area contributed by atoms with Crippen molar-refractivity contribution in [3.05, 3.63) is 121 Å². The number of ether oxygens (including phenoxy) is 2. The maximum Gasteiger partial charge on any atom is 0.258 e. The lowest BCUT2D eigenvalue weighted by molar-refractivity contribution is -0.121. The average molecular weight is 593 g/mol. The fourth-order valence-corrected chi connectivity index (χ4v) is 5.68. The standard InChI is InChI=1S/C32H20N2O8S/c35-29-17-18-30(36)33(29)21-1-5-23(6-2-21)41-25-9-13-27(14-10-25)43(39,40)28-15-11-26(12-16-28)42-24-7-3-22(4-8-24)34-31(37)19-20-32(34)38/h1-20H. The maximum atomic E-state index is 13.2. The van der Waals surface area contributed by atoms with Gasteiger partial charge in [0, 0.05) is 24.3 Å². The van der Waals surface area contributed by atoms with Crippen LogP contribution >= 0.6 is 0 Å². The predicted octanol–water partition coefficient (Wildman–Crippen LogP) is 4.96. The van der Waals surface area contributed by atoms with Crippen molar-refractivity contribution in [2.75, 3.05) is 9.80 Å². The zero-order valence-corrected chi connectivity index (χ0v) is 22.9. The molecule has 0 saturated heterocycles. The van der Waals surface area contributed by atoms with Crippen LogP contribution in [0.4, 0.5) is 11.4 Å². The summed E-state index contributed by atoms with van der Waals surface area (Å²) in [7, 11) is -3.83. The van der Waals surface area contributed by atoms with Crippen LogP contribution in [-0.2, 0) is 29.0 Å². The molecule has 2 aliphatic rings. The Morgan fingerprint density at radius 3 is 0.930 bits per heavy atom. The minimum Gasteiger partial charge on any atom is -0.457 e. The second kappa shape index (κ2) is 10.9. The first-order valence-corrected chi connectivity index (χ1v) is 14.3. The van der Waals surface area contributed by atoms with Crippen LogP contribution in [0.1, 0.15) is 0 Å². The molecule has 0 bridgehead atoms. The molecule has 0 saturated carbocycles. The second-order valence-corrected chi connectivity index (χ2v) is 11.3. The summed E-state index contributed by atoms with van der Waals surface area (Å²) in [6.45, 7) is 0. The molecule has 0 atom stereocenters. The highest BCUT2D eigenvalue weighted by atomic mass is 32.2. The van der Waals surface area contributed by atoms with E-state index in [0.29, 0.717) is 34.4 Å². The first-order chi connectivity index (χ1) is 20.7. The molecule has 0 aliphatic carbocycles. The lowest BCUT2D eigenvalue weighted by Gasteiger charge is -2.14. The largest absolute Gasteiger partial charge is 0.457 e. The summed E-state index contributed by atoms with van der Waals surface area (Å²) < 4.78 is 38.0. The van der Waals surface area contributed by atoms with Crippen molar-refractivity contribution in [2.24, 2.45) is 0 Å². The van der Waals surface area contributed by atoms with E-state index in [-0.39, 0.29) is 9.79 Å². The summed E-state index contributed by atoms with van der Waals surface area (Å²) in [5.74, 6) is -0.0127. The number of imide groups is 2. The van der Waals surface area contributed by atoms with E-state index < -0.39 is 33.5 Å². The fraction of sp³-hybridized carbons (Fsp3) is 0. The Labute approximate surface area is 245 Å². The minimum absolute atomic E-state index is 0.0681. The molecule has 2 heterocycles. The lowest BCUT2D eigenvalue weighted by Crippen LogP contribution is -2.29. The van der Waals surface area contributed by atoms with Gasteiger partial charge in [-0.05, 0) is 97.1 Å². The summed E-state index contributed by atoms with van der Waals surface area (Å²) >= 11 is 0. The molecular weight excluding hydrogens is 572 g/mol. The van der Waals surface area contributed by atoms with E-state index in [1.165, 1.54) is 72.8 Å². The molecule has 10 nitrogen and oxygen atoms in total. The number of rotatable bonds is 8. The van der Waals surface area contributed by atoms with Gasteiger partial charge in [0.25, 0.3) is 23.6 Å². The molecule has 6 rings (SSSR count). The quantitative estimate of drug-likeness (QED) is 0.263. The number of sulfone groups is 1. The molecule has 0 radical (unpaired) electrons. The highest BCUT2D eigenvalue weighted by molar-refractivity contribution is 7.91. The number of carbonyl (C=O) groups excluding carboxylic acids is 4. The van der Waals surface area contributed by atoms with Gasteiger partial charge in [-0.1, -0.05) is 0 Å². The van der Waals surface area contributed by atoms with Gasteiger partial charge in [0.2, 0.25) is 9.84 Å². The van der Waals surface area contributed by atoms with E-state index in [9.17, 15) is 27.6 Å². The zero-order chi connectivity index (χ0) is 30.1. The van der Waals surface area contributed by atoms with Crippen molar-refractivity contribution in [3.63, 3.8) is 0 Å². The Balaban J connectivity index is 1.09. The third kappa shape index (κ3) is 5.44. The van der Waals surface area contributed by atoms with Gasteiger partial charge in [-0.25, -0.2) is 18.2 Å². The zero-order valence-electron chi connectivity index (χ0n) is 22.1. The third-order valence-corrected chi connectivity index (χ3v) is 8.33. The average Bonchev–Trinajstić information content (AvgIpc) is 3.53. The van der Waals surface area contributed by atoms with Gasteiger partial charge in [-0.2, -0.15) is 0 Å². The summed E-state index contributed by atoms with van der Waals surface area (Å²) in [5, 5.41) is 0. The van der Waals surface area contributed by atoms with Crippen LogP contribution < -0.4 is 19.3 Å². The van der Waals surface area contributed by atoms with Gasteiger partial charge < -0.3 is 9.47 Å². The van der Waals surface area contributed by atoms with Crippen LogP contribution in [0.25, 0.3) is 0 Å². The number of hydrogen-bond donors (Lipinski definition) is 0. The first kappa shape index (κ1) is 27.4. The molecule has 4 amide bonds. The van der Waals surface area contributed by atoms with Crippen LogP contribution in [0.15, 0.2) is 131 Å². The lowest BCUT2D eigenvalue weighted by atomic mass is 10.2. The predicted molar refractivity (Wildman–Crippen MR) is 155 cm³/mol. The smallest absolute Gasteiger partial charge is 0.258 e. The van der Waals surface area contributed by atoms with Crippen molar-refractivity contribution in [1.82, 2.24) is 0 Å². The molecule has 0 aromatic heterocycles. The molecule has 0 spiro atoms. The molecule has 2 aliphatic heterocycles. The number of nitrogens with zero attached hydrogens (tertiary/aromatic N) is 2. The van der Waals surface area contributed by atoms with E-state index in [2.05, 4.69) is 0 Å². The Bertz CT molecular complexity index is 1760. The Morgan fingerprint density at radius 2 is 0.651 bits per heavy atom. The monoisotopic (exact) mass is 592 g/mol. The highest BCUT2D eigenvalue weighted by Crippen LogP contribution is 2.30. The second-order valence-electron chi connectivity index (χ2n) is 9.33. The van der Waals surface area contributed by atoms with Crippen LogP contribution in [-0.4, -0.2) is 32.0 Å². The highest BCUT2D eigenvalue weighted by Gasteiger charge is 2.26. The van der Waals surface area contributed by atoms with E-state index in [0.717, 1.165) is 9.80 Å². The number of amides is 4. The molecule has 4 aromatic carbocycles. The van der Waals surface area contributed by atoms with Crippen LogP contribution in [0, 0.1) is 0 Å². The molecule has 0 N–H and O–H groups in total. The first-order valence-electron chi connectivity index (χ1n) is 12.8. The van der Waals surface area contributed by atoms with Crippen LogP contribution in [0.5, 0.6) is 23.0 Å². The molecule has 43 heavy (non-hydrogen) atoms. The van der Waals surface area contributed by atoms with Crippen molar-refractivity contribution in [3.8, 4) is 23.0 Å². The van der Waals surface area contributed by atoms with Gasteiger partial charge in [0.05, 0.1) is 21.2 Å². The van der Waals surface area contributed by atoms with E-state index in [1.807, 2.05) is 0 Å². The van der Waals surface area contributed by atoms with Gasteiger partial charge in [0.1, 0.15) is 23.0 Å². The number of carbonyl (C=O) groups is 4. The van der Waals surface area contributed by atoms with E-state index >= 15 is 0 Å². The number of anilines is 2. The molecular formula is C32H20N2O8S. The molecule has 0 unspecified atom stereocenters. The van der Waals surface area contributed by atoms with Crippen LogP contribution in [0.2, 0.25) is 0 Å². The fourth-order valence-electron chi connectivity index (χ4n) is 4.42. The summed E-state index contributed by atoms with van der Waals surface area (Å²) in [6.07, 6.45) is 4.81.